The van der Waals surface area contributed by atoms with Crippen LogP contribution in [0.5, 0.6) is 0 Å². The van der Waals surface area contributed by atoms with Crippen LogP contribution in [-0.4, -0.2) is 13.1 Å². The van der Waals surface area contributed by atoms with Crippen LogP contribution >= 0.6 is 11.6 Å². The highest BCUT2D eigenvalue weighted by Crippen LogP contribution is 2.34. The van der Waals surface area contributed by atoms with Gasteiger partial charge in [-0.1, -0.05) is 35.9 Å². The molecular formula is C18H12ClFO2. The number of halogens is 2. The molecule has 0 N–H and O–H groups in total. The van der Waals surface area contributed by atoms with E-state index in [0.29, 0.717) is 16.1 Å². The van der Waals surface area contributed by atoms with Gasteiger partial charge in [0, 0.05) is 10.6 Å². The van der Waals surface area contributed by atoms with Crippen molar-refractivity contribution >= 4 is 28.3 Å². The summed E-state index contributed by atoms with van der Waals surface area (Å²) < 4.78 is 18.3. The standard InChI is InChI=1S/C18H12ClFO2/c1-22-18(21)12-6-5-11-3-2-4-14(15(11)9-12)16-10-13(20)7-8-17(16)19/h2-10H,1H3. The first-order valence-electron chi connectivity index (χ1n) is 6.66. The molecule has 0 heterocycles. The molecule has 3 aromatic rings. The molecule has 0 spiro atoms. The Labute approximate surface area is 132 Å². The van der Waals surface area contributed by atoms with Crippen LogP contribution in [0.15, 0.2) is 54.6 Å². The lowest BCUT2D eigenvalue weighted by atomic mass is 9.96. The predicted molar refractivity (Wildman–Crippen MR) is 85.7 cm³/mol. The van der Waals surface area contributed by atoms with Crippen molar-refractivity contribution in [2.75, 3.05) is 7.11 Å². The first-order valence-corrected chi connectivity index (χ1v) is 7.04. The predicted octanol–water partition coefficient (Wildman–Crippen LogP) is 5.09. The number of carbonyl (C=O) groups excluding carboxylic acids is 1. The van der Waals surface area contributed by atoms with Crippen LogP contribution in [0, 0.1) is 5.82 Å². The fraction of sp³-hybridized carbons (Fsp3) is 0.0556. The highest BCUT2D eigenvalue weighted by Gasteiger charge is 2.12. The number of carbonyl (C=O) groups is 1. The van der Waals surface area contributed by atoms with Gasteiger partial charge in [-0.15, -0.1) is 0 Å². The zero-order chi connectivity index (χ0) is 15.7. The van der Waals surface area contributed by atoms with E-state index < -0.39 is 5.97 Å². The Morgan fingerprint density at radius 2 is 1.86 bits per heavy atom. The minimum atomic E-state index is -0.415. The second-order valence-electron chi connectivity index (χ2n) is 4.86. The van der Waals surface area contributed by atoms with Gasteiger partial charge in [-0.25, -0.2) is 9.18 Å². The Balaban J connectivity index is 2.29. The molecule has 110 valence electrons. The SMILES string of the molecule is COC(=O)c1ccc2cccc(-c3cc(F)ccc3Cl)c2c1. The molecule has 0 unspecified atom stereocenters. The van der Waals surface area contributed by atoms with Crippen LogP contribution in [-0.2, 0) is 4.74 Å². The van der Waals surface area contributed by atoms with E-state index in [1.807, 2.05) is 24.3 Å². The fourth-order valence-corrected chi connectivity index (χ4v) is 2.68. The van der Waals surface area contributed by atoms with Crippen molar-refractivity contribution in [3.05, 3.63) is 71.0 Å². The highest BCUT2D eigenvalue weighted by molar-refractivity contribution is 6.33. The number of rotatable bonds is 2. The quantitative estimate of drug-likeness (QED) is 0.616. The van der Waals surface area contributed by atoms with Crippen molar-refractivity contribution in [1.82, 2.24) is 0 Å². The average molecular weight is 315 g/mol. The maximum Gasteiger partial charge on any atom is 0.337 e. The van der Waals surface area contributed by atoms with Crippen LogP contribution in [0.1, 0.15) is 10.4 Å². The first kappa shape index (κ1) is 14.5. The largest absolute Gasteiger partial charge is 0.465 e. The van der Waals surface area contributed by atoms with E-state index in [4.69, 9.17) is 16.3 Å². The number of hydrogen-bond donors (Lipinski definition) is 0. The molecule has 0 aliphatic carbocycles. The topological polar surface area (TPSA) is 26.3 Å². The number of esters is 1. The Hall–Kier alpha value is -2.39. The Morgan fingerprint density at radius 3 is 2.64 bits per heavy atom. The molecule has 22 heavy (non-hydrogen) atoms. The van der Waals surface area contributed by atoms with Gasteiger partial charge in [0.2, 0.25) is 0 Å². The van der Waals surface area contributed by atoms with Crippen LogP contribution in [0.2, 0.25) is 5.02 Å². The molecule has 2 nitrogen and oxygen atoms in total. The van der Waals surface area contributed by atoms with Gasteiger partial charge >= 0.3 is 5.97 Å². The lowest BCUT2D eigenvalue weighted by Gasteiger charge is -2.10. The lowest BCUT2D eigenvalue weighted by molar-refractivity contribution is 0.0601. The minimum absolute atomic E-state index is 0.361. The molecule has 4 heteroatoms. The molecule has 0 aromatic heterocycles. The van der Waals surface area contributed by atoms with Gasteiger partial charge in [0.1, 0.15) is 5.82 Å². The summed E-state index contributed by atoms with van der Waals surface area (Å²) in [5.41, 5.74) is 1.80. The molecule has 0 fully saturated rings. The number of ether oxygens (including phenoxy) is 1. The van der Waals surface area contributed by atoms with E-state index >= 15 is 0 Å². The lowest BCUT2D eigenvalue weighted by Crippen LogP contribution is -2.00. The number of methoxy groups -OCH3 is 1. The summed E-state index contributed by atoms with van der Waals surface area (Å²) >= 11 is 6.20. The summed E-state index contributed by atoms with van der Waals surface area (Å²) in [7, 11) is 1.34. The number of benzene rings is 3. The van der Waals surface area contributed by atoms with Crippen molar-refractivity contribution in [2.45, 2.75) is 0 Å². The summed E-state index contributed by atoms with van der Waals surface area (Å²) in [5, 5.41) is 2.21. The van der Waals surface area contributed by atoms with E-state index in [1.54, 1.807) is 12.1 Å². The zero-order valence-electron chi connectivity index (χ0n) is 11.8. The third-order valence-corrected chi connectivity index (χ3v) is 3.85. The Morgan fingerprint density at radius 1 is 1.05 bits per heavy atom. The van der Waals surface area contributed by atoms with Crippen molar-refractivity contribution in [1.29, 1.82) is 0 Å². The second-order valence-corrected chi connectivity index (χ2v) is 5.26. The Kier molecular flexibility index (Phi) is 3.82. The molecule has 0 saturated heterocycles. The summed E-state index contributed by atoms with van der Waals surface area (Å²) in [5.74, 6) is -0.775. The molecular weight excluding hydrogens is 303 g/mol. The normalized spacial score (nSPS) is 10.7. The van der Waals surface area contributed by atoms with Crippen LogP contribution in [0.25, 0.3) is 21.9 Å². The van der Waals surface area contributed by atoms with E-state index in [2.05, 4.69) is 0 Å². The average Bonchev–Trinajstić information content (AvgIpc) is 2.55. The summed E-state index contributed by atoms with van der Waals surface area (Å²) in [6.45, 7) is 0. The molecule has 0 aliphatic rings. The minimum Gasteiger partial charge on any atom is -0.465 e. The van der Waals surface area contributed by atoms with Gasteiger partial charge in [-0.3, -0.25) is 0 Å². The van der Waals surface area contributed by atoms with Gasteiger partial charge in [-0.05, 0) is 46.7 Å². The van der Waals surface area contributed by atoms with E-state index in [1.165, 1.54) is 25.3 Å². The molecule has 3 rings (SSSR count). The maximum absolute atomic E-state index is 13.6. The molecule has 0 amide bonds. The van der Waals surface area contributed by atoms with Crippen molar-refractivity contribution in [2.24, 2.45) is 0 Å². The Bertz CT molecular complexity index is 874. The van der Waals surface area contributed by atoms with Crippen molar-refractivity contribution < 1.29 is 13.9 Å². The van der Waals surface area contributed by atoms with Gasteiger partial charge in [0.05, 0.1) is 12.7 Å². The maximum atomic E-state index is 13.6. The van der Waals surface area contributed by atoms with E-state index in [-0.39, 0.29) is 5.82 Å². The van der Waals surface area contributed by atoms with Gasteiger partial charge in [0.15, 0.2) is 0 Å². The molecule has 0 atom stereocenters. The highest BCUT2D eigenvalue weighted by atomic mass is 35.5. The fourth-order valence-electron chi connectivity index (χ4n) is 2.46. The second kappa shape index (κ2) is 5.78. The number of fused-ring (bicyclic) bond motifs is 1. The summed E-state index contributed by atoms with van der Waals surface area (Å²) in [6, 6.07) is 15.1. The summed E-state index contributed by atoms with van der Waals surface area (Å²) in [6.07, 6.45) is 0. The molecule has 0 bridgehead atoms. The monoisotopic (exact) mass is 314 g/mol. The smallest absolute Gasteiger partial charge is 0.337 e. The van der Waals surface area contributed by atoms with E-state index in [9.17, 15) is 9.18 Å². The third-order valence-electron chi connectivity index (χ3n) is 3.52. The molecule has 0 aliphatic heterocycles. The first-order chi connectivity index (χ1) is 10.6. The van der Waals surface area contributed by atoms with Gasteiger partial charge in [-0.2, -0.15) is 0 Å². The van der Waals surface area contributed by atoms with Crippen LogP contribution in [0.3, 0.4) is 0 Å². The van der Waals surface area contributed by atoms with Crippen LogP contribution in [0.4, 0.5) is 4.39 Å². The van der Waals surface area contributed by atoms with Crippen molar-refractivity contribution in [3.63, 3.8) is 0 Å². The number of hydrogen-bond acceptors (Lipinski definition) is 2. The third kappa shape index (κ3) is 2.55. The molecule has 0 saturated carbocycles. The summed E-state index contributed by atoms with van der Waals surface area (Å²) in [4.78, 5) is 11.7. The zero-order valence-corrected chi connectivity index (χ0v) is 12.5. The van der Waals surface area contributed by atoms with Gasteiger partial charge in [0.25, 0.3) is 0 Å². The molecule has 0 radical (unpaired) electrons. The van der Waals surface area contributed by atoms with E-state index in [0.717, 1.165) is 16.3 Å². The van der Waals surface area contributed by atoms with Crippen molar-refractivity contribution in [3.8, 4) is 11.1 Å². The van der Waals surface area contributed by atoms with Crippen LogP contribution < -0.4 is 0 Å². The van der Waals surface area contributed by atoms with Gasteiger partial charge < -0.3 is 4.74 Å². The molecule has 3 aromatic carbocycles.